The number of carboxylic acid groups (broad SMARTS) is 1. The summed E-state index contributed by atoms with van der Waals surface area (Å²) >= 11 is 0. The highest BCUT2D eigenvalue weighted by Gasteiger charge is 2.34. The Kier molecular flexibility index (Phi) is 4.37. The van der Waals surface area contributed by atoms with E-state index >= 15 is 0 Å². The number of rotatable bonds is 4. The topological polar surface area (TPSA) is 101 Å². The smallest absolute Gasteiger partial charge is 0.308 e. The summed E-state index contributed by atoms with van der Waals surface area (Å²) in [6.45, 7) is 4.45. The van der Waals surface area contributed by atoms with Gasteiger partial charge in [0.2, 0.25) is 0 Å². The number of likely N-dealkylation sites (tertiary alicyclic amines) is 1. The number of carboxylic acids is 1. The summed E-state index contributed by atoms with van der Waals surface area (Å²) in [5, 5.41) is 17.2. The Morgan fingerprint density at radius 2 is 2.21 bits per heavy atom. The minimum atomic E-state index is -0.866. The number of carbonyl (C=O) groups excluding carboxylic acids is 1. The molecule has 0 saturated carbocycles. The highest BCUT2D eigenvalue weighted by atomic mass is 16.5. The first kappa shape index (κ1) is 16.2. The van der Waals surface area contributed by atoms with Gasteiger partial charge in [0, 0.05) is 24.8 Å². The molecule has 1 fully saturated rings. The van der Waals surface area contributed by atoms with Gasteiger partial charge in [0.05, 0.1) is 12.1 Å². The maximum Gasteiger partial charge on any atom is 0.308 e. The number of hydrogen-bond donors (Lipinski definition) is 1. The molecule has 24 heavy (non-hydrogen) atoms. The zero-order valence-corrected chi connectivity index (χ0v) is 13.7. The Balaban J connectivity index is 1.71. The maximum absolute atomic E-state index is 12.6. The molecule has 0 spiro atoms. The zero-order valence-electron chi connectivity index (χ0n) is 13.7. The quantitative estimate of drug-likeness (QED) is 0.911. The van der Waals surface area contributed by atoms with Crippen LogP contribution in [0.2, 0.25) is 0 Å². The summed E-state index contributed by atoms with van der Waals surface area (Å²) in [4.78, 5) is 25.4. The Bertz CT molecular complexity index is 751. The van der Waals surface area contributed by atoms with E-state index in [1.165, 1.54) is 0 Å². The summed E-state index contributed by atoms with van der Waals surface area (Å²) in [7, 11) is 0. The predicted molar refractivity (Wildman–Crippen MR) is 83.4 cm³/mol. The molecular formula is C16H20N4O4. The van der Waals surface area contributed by atoms with E-state index < -0.39 is 11.9 Å². The molecule has 1 N–H and O–H groups in total. The minimum Gasteiger partial charge on any atom is -0.481 e. The van der Waals surface area contributed by atoms with E-state index in [4.69, 9.17) is 4.52 Å². The molecule has 0 radical (unpaired) electrons. The number of hydrogen-bond acceptors (Lipinski definition) is 5. The molecule has 2 unspecified atom stereocenters. The number of aromatic nitrogens is 3. The number of aliphatic carboxylic acids is 1. The fourth-order valence-electron chi connectivity index (χ4n) is 2.94. The molecule has 1 aliphatic rings. The van der Waals surface area contributed by atoms with E-state index in [1.54, 1.807) is 21.8 Å². The second-order valence-corrected chi connectivity index (χ2v) is 6.31. The van der Waals surface area contributed by atoms with E-state index in [9.17, 15) is 14.7 Å². The van der Waals surface area contributed by atoms with E-state index in [0.29, 0.717) is 25.1 Å². The lowest BCUT2D eigenvalue weighted by Gasteiger charge is -2.35. The number of amides is 1. The summed E-state index contributed by atoms with van der Waals surface area (Å²) in [6, 6.07) is 1.58. The molecular weight excluding hydrogens is 312 g/mol. The molecule has 3 rings (SSSR count). The average molecular weight is 332 g/mol. The molecule has 8 nitrogen and oxygen atoms in total. The zero-order chi connectivity index (χ0) is 17.3. The van der Waals surface area contributed by atoms with Crippen molar-refractivity contribution in [1.29, 1.82) is 0 Å². The van der Waals surface area contributed by atoms with Gasteiger partial charge in [-0.2, -0.15) is 5.10 Å². The van der Waals surface area contributed by atoms with Gasteiger partial charge in [-0.05, 0) is 32.3 Å². The van der Waals surface area contributed by atoms with Crippen LogP contribution in [0.15, 0.2) is 23.0 Å². The van der Waals surface area contributed by atoms with Crippen LogP contribution in [0, 0.1) is 12.8 Å². The van der Waals surface area contributed by atoms with Gasteiger partial charge < -0.3 is 14.5 Å². The SMILES string of the molecule is Cc1cnn(Cc2cc(C(=O)N3CC(C(=O)O)CCC3C)no2)c1. The molecule has 3 heterocycles. The Hall–Kier alpha value is -2.64. The monoisotopic (exact) mass is 332 g/mol. The largest absolute Gasteiger partial charge is 0.481 e. The lowest BCUT2D eigenvalue weighted by atomic mass is 9.93. The molecule has 128 valence electrons. The fraction of sp³-hybridized carbons (Fsp3) is 0.500. The van der Waals surface area contributed by atoms with Crippen molar-refractivity contribution in [2.75, 3.05) is 6.54 Å². The van der Waals surface area contributed by atoms with Gasteiger partial charge in [-0.1, -0.05) is 5.16 Å². The van der Waals surface area contributed by atoms with Gasteiger partial charge in [-0.15, -0.1) is 0 Å². The van der Waals surface area contributed by atoms with Gasteiger partial charge in [0.25, 0.3) is 5.91 Å². The summed E-state index contributed by atoms with van der Waals surface area (Å²) in [5.74, 6) is -1.15. The number of nitrogens with zero attached hydrogens (tertiary/aromatic N) is 4. The fourth-order valence-corrected chi connectivity index (χ4v) is 2.94. The lowest BCUT2D eigenvalue weighted by molar-refractivity contribution is -0.143. The Labute approximate surface area is 139 Å². The third-order valence-corrected chi connectivity index (χ3v) is 4.35. The molecule has 0 bridgehead atoms. The van der Waals surface area contributed by atoms with Crippen LogP contribution in [0.5, 0.6) is 0 Å². The minimum absolute atomic E-state index is 0.0120. The van der Waals surface area contributed by atoms with Crippen molar-refractivity contribution >= 4 is 11.9 Å². The average Bonchev–Trinajstić information content (AvgIpc) is 3.16. The van der Waals surface area contributed by atoms with Crippen LogP contribution in [-0.2, 0) is 11.3 Å². The Morgan fingerprint density at radius 3 is 2.88 bits per heavy atom. The van der Waals surface area contributed by atoms with Gasteiger partial charge in [0.15, 0.2) is 11.5 Å². The number of piperidine rings is 1. The van der Waals surface area contributed by atoms with Crippen molar-refractivity contribution in [1.82, 2.24) is 19.8 Å². The molecule has 2 atom stereocenters. The third kappa shape index (κ3) is 3.32. The van der Waals surface area contributed by atoms with Crippen LogP contribution in [0.25, 0.3) is 0 Å². The van der Waals surface area contributed by atoms with E-state index in [2.05, 4.69) is 10.3 Å². The van der Waals surface area contributed by atoms with Crippen LogP contribution in [0.1, 0.15) is 41.6 Å². The van der Waals surface area contributed by atoms with Crippen LogP contribution < -0.4 is 0 Å². The summed E-state index contributed by atoms with van der Waals surface area (Å²) in [6.07, 6.45) is 4.86. The summed E-state index contributed by atoms with van der Waals surface area (Å²) < 4.78 is 6.93. The van der Waals surface area contributed by atoms with Crippen LogP contribution >= 0.6 is 0 Å². The molecule has 8 heteroatoms. The highest BCUT2D eigenvalue weighted by molar-refractivity contribution is 5.92. The maximum atomic E-state index is 12.6. The molecule has 0 aliphatic carbocycles. The van der Waals surface area contributed by atoms with Crippen molar-refractivity contribution in [2.24, 2.45) is 5.92 Å². The molecule has 1 saturated heterocycles. The number of carbonyl (C=O) groups is 2. The first-order chi connectivity index (χ1) is 11.4. The van der Waals surface area contributed by atoms with Gasteiger partial charge in [-0.25, -0.2) is 0 Å². The van der Waals surface area contributed by atoms with E-state index in [0.717, 1.165) is 5.56 Å². The van der Waals surface area contributed by atoms with Crippen LogP contribution in [-0.4, -0.2) is 49.4 Å². The van der Waals surface area contributed by atoms with Crippen molar-refractivity contribution in [2.45, 2.75) is 39.3 Å². The molecule has 2 aromatic heterocycles. The highest BCUT2D eigenvalue weighted by Crippen LogP contribution is 2.24. The molecule has 1 aliphatic heterocycles. The number of aryl methyl sites for hydroxylation is 1. The van der Waals surface area contributed by atoms with Crippen LogP contribution in [0.4, 0.5) is 0 Å². The molecule has 0 aromatic carbocycles. The first-order valence-corrected chi connectivity index (χ1v) is 7.92. The predicted octanol–water partition coefficient (Wildman–Crippen LogP) is 1.55. The Morgan fingerprint density at radius 1 is 1.42 bits per heavy atom. The van der Waals surface area contributed by atoms with Crippen molar-refractivity contribution in [3.05, 3.63) is 35.5 Å². The van der Waals surface area contributed by atoms with Crippen LogP contribution in [0.3, 0.4) is 0 Å². The first-order valence-electron chi connectivity index (χ1n) is 7.92. The van der Waals surface area contributed by atoms with Crippen molar-refractivity contribution < 1.29 is 19.2 Å². The normalized spacial score (nSPS) is 21.0. The van der Waals surface area contributed by atoms with Gasteiger partial charge >= 0.3 is 5.97 Å². The second kappa shape index (κ2) is 6.46. The van der Waals surface area contributed by atoms with E-state index in [-0.39, 0.29) is 24.2 Å². The molecule has 2 aromatic rings. The van der Waals surface area contributed by atoms with Gasteiger partial charge in [-0.3, -0.25) is 14.3 Å². The third-order valence-electron chi connectivity index (χ3n) is 4.35. The standard InChI is InChI=1S/C16H20N4O4/c1-10-6-17-19(7-10)9-13-5-14(18-24-13)15(21)20-8-12(16(22)23)4-3-11(20)2/h5-7,11-12H,3-4,8-9H2,1-2H3,(H,22,23). The summed E-state index contributed by atoms with van der Waals surface area (Å²) in [5.41, 5.74) is 1.24. The van der Waals surface area contributed by atoms with E-state index in [1.807, 2.05) is 20.0 Å². The van der Waals surface area contributed by atoms with Crippen molar-refractivity contribution in [3.8, 4) is 0 Å². The van der Waals surface area contributed by atoms with Gasteiger partial charge in [0.1, 0.15) is 6.54 Å². The van der Waals surface area contributed by atoms with Crippen molar-refractivity contribution in [3.63, 3.8) is 0 Å². The molecule has 1 amide bonds. The second-order valence-electron chi connectivity index (χ2n) is 6.31. The lowest BCUT2D eigenvalue weighted by Crippen LogP contribution is -2.47.